The summed E-state index contributed by atoms with van der Waals surface area (Å²) in [6, 6.07) is 66.7. The second kappa shape index (κ2) is 11.7. The lowest BCUT2D eigenvalue weighted by atomic mass is 10.0. The van der Waals surface area contributed by atoms with Crippen LogP contribution in [0.4, 0.5) is 17.1 Å². The second-order valence-corrected chi connectivity index (χ2v) is 15.5. The average molecular weight is 699 g/mol. The van der Waals surface area contributed by atoms with Gasteiger partial charge in [-0.15, -0.1) is 22.7 Å². The lowest BCUT2D eigenvalue weighted by Crippen LogP contribution is -2.09. The quantitative estimate of drug-likeness (QED) is 0.174. The smallest absolute Gasteiger partial charge is 0.0547 e. The highest BCUT2D eigenvalue weighted by Gasteiger charge is 2.18. The molecule has 8 aromatic carbocycles. The molecule has 0 aliphatic carbocycles. The third kappa shape index (κ3) is 4.62. The van der Waals surface area contributed by atoms with Crippen LogP contribution in [-0.4, -0.2) is 4.57 Å². The zero-order valence-electron chi connectivity index (χ0n) is 28.0. The summed E-state index contributed by atoms with van der Waals surface area (Å²) in [4.78, 5) is 2.41. The maximum absolute atomic E-state index is 2.41. The monoisotopic (exact) mass is 698 g/mol. The number of benzene rings is 8. The highest BCUT2D eigenvalue weighted by molar-refractivity contribution is 7.26. The van der Waals surface area contributed by atoms with Crippen molar-refractivity contribution in [3.8, 4) is 16.8 Å². The number of anilines is 3. The summed E-state index contributed by atoms with van der Waals surface area (Å²) in [6.07, 6.45) is 0. The van der Waals surface area contributed by atoms with Crippen molar-refractivity contribution >= 4 is 102 Å². The highest BCUT2D eigenvalue weighted by atomic mass is 32.1. The minimum atomic E-state index is 1.13. The van der Waals surface area contributed by atoms with Crippen LogP contribution in [0, 0.1) is 0 Å². The highest BCUT2D eigenvalue weighted by Crippen LogP contribution is 2.44. The van der Waals surface area contributed by atoms with Gasteiger partial charge in [0.2, 0.25) is 0 Å². The van der Waals surface area contributed by atoms with E-state index in [1.807, 2.05) is 22.7 Å². The van der Waals surface area contributed by atoms with Gasteiger partial charge < -0.3 is 9.47 Å². The van der Waals surface area contributed by atoms with E-state index in [9.17, 15) is 0 Å². The van der Waals surface area contributed by atoms with Crippen molar-refractivity contribution in [2.45, 2.75) is 0 Å². The molecule has 2 nitrogen and oxygen atoms in total. The van der Waals surface area contributed by atoms with Gasteiger partial charge in [-0.25, -0.2) is 0 Å². The summed E-state index contributed by atoms with van der Waals surface area (Å²) in [5.74, 6) is 0. The minimum Gasteiger partial charge on any atom is -0.310 e. The second-order valence-electron chi connectivity index (χ2n) is 13.4. The van der Waals surface area contributed by atoms with Crippen LogP contribution < -0.4 is 4.90 Å². The topological polar surface area (TPSA) is 8.17 Å². The Labute approximate surface area is 308 Å². The molecule has 3 heterocycles. The van der Waals surface area contributed by atoms with Crippen LogP contribution >= 0.6 is 22.7 Å². The molecule has 0 atom stereocenters. The van der Waals surface area contributed by atoms with Crippen molar-refractivity contribution in [3.05, 3.63) is 182 Å². The van der Waals surface area contributed by atoms with Crippen molar-refractivity contribution in [2.24, 2.45) is 0 Å². The Morgan fingerprint density at radius 1 is 0.327 bits per heavy atom. The van der Waals surface area contributed by atoms with E-state index in [-0.39, 0.29) is 0 Å². The van der Waals surface area contributed by atoms with E-state index >= 15 is 0 Å². The molecule has 52 heavy (non-hydrogen) atoms. The zero-order valence-corrected chi connectivity index (χ0v) is 29.7. The van der Waals surface area contributed by atoms with Crippen LogP contribution in [0.1, 0.15) is 0 Å². The van der Waals surface area contributed by atoms with E-state index in [2.05, 4.69) is 191 Å². The zero-order chi connectivity index (χ0) is 34.2. The number of aromatic nitrogens is 1. The Morgan fingerprint density at radius 3 is 1.67 bits per heavy atom. The van der Waals surface area contributed by atoms with Crippen molar-refractivity contribution in [1.82, 2.24) is 4.57 Å². The summed E-state index contributed by atoms with van der Waals surface area (Å²) in [6.45, 7) is 0. The Hall–Kier alpha value is -6.20. The van der Waals surface area contributed by atoms with Gasteiger partial charge in [-0.1, -0.05) is 103 Å². The van der Waals surface area contributed by atoms with Gasteiger partial charge in [0.1, 0.15) is 0 Å². The summed E-state index contributed by atoms with van der Waals surface area (Å²) in [5.41, 5.74) is 9.42. The molecule has 0 saturated heterocycles. The maximum Gasteiger partial charge on any atom is 0.0547 e. The number of thiophene rings is 2. The van der Waals surface area contributed by atoms with Gasteiger partial charge in [0.25, 0.3) is 0 Å². The van der Waals surface area contributed by atoms with Gasteiger partial charge in [-0.05, 0) is 90.0 Å². The van der Waals surface area contributed by atoms with Gasteiger partial charge in [-0.2, -0.15) is 0 Å². The molecule has 0 bridgehead atoms. The third-order valence-electron chi connectivity index (χ3n) is 10.4. The first kappa shape index (κ1) is 29.5. The van der Waals surface area contributed by atoms with Crippen molar-refractivity contribution < 1.29 is 0 Å². The lowest BCUT2D eigenvalue weighted by Gasteiger charge is -2.26. The summed E-state index contributed by atoms with van der Waals surface area (Å²) in [5, 5.41) is 7.76. The van der Waals surface area contributed by atoms with Gasteiger partial charge in [0.15, 0.2) is 0 Å². The number of fused-ring (bicyclic) bond motifs is 9. The van der Waals surface area contributed by atoms with Gasteiger partial charge in [0, 0.05) is 73.9 Å². The Morgan fingerprint density at radius 2 is 0.865 bits per heavy atom. The van der Waals surface area contributed by atoms with Crippen molar-refractivity contribution in [1.29, 1.82) is 0 Å². The first-order valence-corrected chi connectivity index (χ1v) is 19.2. The largest absolute Gasteiger partial charge is 0.310 e. The summed E-state index contributed by atoms with van der Waals surface area (Å²) >= 11 is 3.72. The molecular weight excluding hydrogens is 669 g/mol. The fraction of sp³-hybridized carbons (Fsp3) is 0. The number of para-hydroxylation sites is 2. The molecule has 0 aliphatic heterocycles. The molecule has 0 amide bonds. The average Bonchev–Trinajstić information content (AvgIpc) is 3.87. The number of rotatable bonds is 5. The van der Waals surface area contributed by atoms with Crippen LogP contribution in [0.25, 0.3) is 79.0 Å². The van der Waals surface area contributed by atoms with E-state index in [4.69, 9.17) is 0 Å². The number of hydrogen-bond donors (Lipinski definition) is 0. The first-order chi connectivity index (χ1) is 25.8. The number of hydrogen-bond acceptors (Lipinski definition) is 3. The van der Waals surface area contributed by atoms with E-state index in [1.165, 1.54) is 79.0 Å². The molecule has 0 radical (unpaired) electrons. The molecule has 244 valence electrons. The summed E-state index contributed by atoms with van der Waals surface area (Å²) in [7, 11) is 0. The fourth-order valence-corrected chi connectivity index (χ4v) is 10.2. The minimum absolute atomic E-state index is 1.13. The third-order valence-corrected chi connectivity index (χ3v) is 12.7. The molecule has 11 rings (SSSR count). The lowest BCUT2D eigenvalue weighted by molar-refractivity contribution is 1.18. The van der Waals surface area contributed by atoms with E-state index in [1.54, 1.807) is 0 Å². The maximum atomic E-state index is 2.41. The molecule has 11 aromatic rings. The predicted molar refractivity (Wildman–Crippen MR) is 227 cm³/mol. The standard InChI is InChI=1S/C48H30N2S2/c1-2-10-33(11-3-1)50-43-15-7-4-12-37(43)38-25-20-32(28-44(38)50)31-18-21-34(22-19-31)49(35-24-27-47-42(29-35)40-14-6-9-17-46(40)51-47)36-23-26-41-39-13-5-8-16-45(39)52-48(41)30-36/h1-30H. The molecule has 4 heteroatoms. The van der Waals surface area contributed by atoms with Crippen LogP contribution in [0.3, 0.4) is 0 Å². The van der Waals surface area contributed by atoms with Crippen molar-refractivity contribution in [3.63, 3.8) is 0 Å². The van der Waals surface area contributed by atoms with E-state index < -0.39 is 0 Å². The normalized spacial score (nSPS) is 11.8. The fourth-order valence-electron chi connectivity index (χ4n) is 7.96. The molecule has 0 fully saturated rings. The Kier molecular flexibility index (Phi) is 6.63. The SMILES string of the molecule is c1ccc(-n2c3ccccc3c3ccc(-c4ccc(N(c5ccc6c(c5)sc5ccccc56)c5ccc6sc7ccccc7c6c5)cc4)cc32)cc1. The predicted octanol–water partition coefficient (Wildman–Crippen LogP) is 14.7. The molecule has 3 aromatic heterocycles. The van der Waals surface area contributed by atoms with Crippen LogP contribution in [0.2, 0.25) is 0 Å². The van der Waals surface area contributed by atoms with E-state index in [0.29, 0.717) is 0 Å². The van der Waals surface area contributed by atoms with Gasteiger partial charge >= 0.3 is 0 Å². The molecule has 0 unspecified atom stereocenters. The Bertz CT molecular complexity index is 3130. The Balaban J connectivity index is 1.06. The van der Waals surface area contributed by atoms with Crippen molar-refractivity contribution in [2.75, 3.05) is 4.90 Å². The van der Waals surface area contributed by atoms with Gasteiger partial charge in [0.05, 0.1) is 11.0 Å². The number of nitrogens with zero attached hydrogens (tertiary/aromatic N) is 2. The molecule has 0 N–H and O–H groups in total. The van der Waals surface area contributed by atoms with E-state index in [0.717, 1.165) is 17.1 Å². The van der Waals surface area contributed by atoms with Crippen LogP contribution in [-0.2, 0) is 0 Å². The molecule has 0 saturated carbocycles. The molecule has 0 aliphatic rings. The first-order valence-electron chi connectivity index (χ1n) is 17.6. The van der Waals surface area contributed by atoms with Crippen LogP contribution in [0.15, 0.2) is 182 Å². The molecule has 0 spiro atoms. The molecular formula is C48H30N2S2. The summed E-state index contributed by atoms with van der Waals surface area (Å²) < 4.78 is 7.63. The van der Waals surface area contributed by atoms with Crippen LogP contribution in [0.5, 0.6) is 0 Å². The van der Waals surface area contributed by atoms with Gasteiger partial charge in [-0.3, -0.25) is 0 Å².